The van der Waals surface area contributed by atoms with Gasteiger partial charge in [-0.15, -0.1) is 0 Å². The highest BCUT2D eigenvalue weighted by Crippen LogP contribution is 1.77. The molecule has 0 aromatic rings. The van der Waals surface area contributed by atoms with Crippen LogP contribution in [0.2, 0.25) is 0 Å². The molecule has 1 radical (unpaired) electrons. The molecule has 0 amide bonds. The third kappa shape index (κ3) is 3.26. The van der Waals surface area contributed by atoms with Gasteiger partial charge in [0.25, 0.3) is 0 Å². The molecule has 41 valence electrons. The summed E-state index contributed by atoms with van der Waals surface area (Å²) in [4.78, 5) is 9.97. The van der Waals surface area contributed by atoms with E-state index in [-0.39, 0.29) is 0 Å². The second-order valence-electron chi connectivity index (χ2n) is 0.881. The molecular weight excluding hydrogens is 96.0 g/mol. The zero-order valence-electron chi connectivity index (χ0n) is 4.05. The minimum atomic E-state index is -0.539. The van der Waals surface area contributed by atoms with Crippen LogP contribution in [0.3, 0.4) is 0 Å². The molecule has 0 rings (SSSR count). The van der Waals surface area contributed by atoms with Gasteiger partial charge in [0.15, 0.2) is 6.79 Å². The van der Waals surface area contributed by atoms with Gasteiger partial charge in [-0.1, -0.05) is 6.92 Å². The van der Waals surface area contributed by atoms with E-state index in [1.807, 2.05) is 0 Å². The first-order valence-corrected chi connectivity index (χ1v) is 1.88. The van der Waals surface area contributed by atoms with E-state index in [1.54, 1.807) is 0 Å². The van der Waals surface area contributed by atoms with E-state index in [0.29, 0.717) is 0 Å². The Morgan fingerprint density at radius 3 is 2.71 bits per heavy atom. The fourth-order valence-electron chi connectivity index (χ4n) is 0.147. The van der Waals surface area contributed by atoms with E-state index in [9.17, 15) is 4.79 Å². The normalized spacial score (nSPS) is 8.29. The van der Waals surface area contributed by atoms with Gasteiger partial charge in [0.05, 0.1) is 6.42 Å². The van der Waals surface area contributed by atoms with Crippen LogP contribution in [-0.2, 0) is 9.53 Å². The Balaban J connectivity index is 3.00. The Hall–Kier alpha value is -0.570. The Morgan fingerprint density at radius 2 is 2.57 bits per heavy atom. The molecule has 0 unspecified atom stereocenters. The van der Waals surface area contributed by atoms with Crippen molar-refractivity contribution in [3.8, 4) is 0 Å². The van der Waals surface area contributed by atoms with Gasteiger partial charge in [-0.3, -0.25) is 4.79 Å². The molecule has 0 atom stereocenters. The molecule has 0 aliphatic heterocycles. The summed E-state index contributed by atoms with van der Waals surface area (Å²) in [5.41, 5.74) is 0. The van der Waals surface area contributed by atoms with Crippen LogP contribution in [0.15, 0.2) is 0 Å². The molecular formula is C4H7O3. The van der Waals surface area contributed by atoms with Crippen molar-refractivity contribution < 1.29 is 14.6 Å². The lowest BCUT2D eigenvalue weighted by molar-refractivity contribution is -0.147. The maximum atomic E-state index is 9.97. The van der Waals surface area contributed by atoms with Gasteiger partial charge in [-0.25, -0.2) is 0 Å². The van der Waals surface area contributed by atoms with Gasteiger partial charge in [0.2, 0.25) is 0 Å². The van der Waals surface area contributed by atoms with Crippen LogP contribution < -0.4 is 0 Å². The molecule has 0 aliphatic rings. The summed E-state index contributed by atoms with van der Waals surface area (Å²) in [6, 6.07) is 0. The number of ether oxygens (including phenoxy) is 1. The van der Waals surface area contributed by atoms with E-state index in [0.717, 1.165) is 0 Å². The number of carbonyl (C=O) groups is 1. The number of hydrogen-bond acceptors (Lipinski definition) is 3. The van der Waals surface area contributed by atoms with Crippen LogP contribution >= 0.6 is 0 Å². The zero-order valence-corrected chi connectivity index (χ0v) is 4.05. The summed E-state index contributed by atoms with van der Waals surface area (Å²) in [6.45, 7) is 1.00. The number of hydrogen-bond donors (Lipinski definition) is 1. The fourth-order valence-corrected chi connectivity index (χ4v) is 0.147. The average molecular weight is 103 g/mol. The fraction of sp³-hybridized carbons (Fsp3) is 0.500. The molecule has 7 heavy (non-hydrogen) atoms. The van der Waals surface area contributed by atoms with Crippen LogP contribution in [0.4, 0.5) is 0 Å². The monoisotopic (exact) mass is 103 g/mol. The van der Waals surface area contributed by atoms with E-state index in [2.05, 4.69) is 4.74 Å². The van der Waals surface area contributed by atoms with Crippen LogP contribution in [0.25, 0.3) is 0 Å². The van der Waals surface area contributed by atoms with Crippen LogP contribution in [0.1, 0.15) is 6.92 Å². The zero-order chi connectivity index (χ0) is 5.70. The highest BCUT2D eigenvalue weighted by Gasteiger charge is 1.92. The molecule has 0 fully saturated rings. The third-order valence-corrected chi connectivity index (χ3v) is 0.443. The molecule has 3 nitrogen and oxygen atoms in total. The number of esters is 1. The predicted molar refractivity (Wildman–Crippen MR) is 23.2 cm³/mol. The van der Waals surface area contributed by atoms with Crippen molar-refractivity contribution in [1.82, 2.24) is 0 Å². The summed E-state index contributed by atoms with van der Waals surface area (Å²) < 4.78 is 4.05. The molecule has 0 heterocycles. The molecule has 0 aromatic heterocycles. The summed E-state index contributed by atoms with van der Waals surface area (Å²) in [7, 11) is 0. The summed E-state index contributed by atoms with van der Waals surface area (Å²) in [6.07, 6.45) is 1.23. The van der Waals surface area contributed by atoms with Crippen LogP contribution in [0.5, 0.6) is 0 Å². The highest BCUT2D eigenvalue weighted by molar-refractivity contribution is 5.77. The molecule has 0 aliphatic carbocycles. The van der Waals surface area contributed by atoms with Crippen molar-refractivity contribution in [2.24, 2.45) is 0 Å². The largest absolute Gasteiger partial charge is 0.438 e. The Bertz CT molecular complexity index is 60.0. The third-order valence-electron chi connectivity index (χ3n) is 0.443. The standard InChI is InChI=1S/C4H7O3/c1-2-4(6)7-3-5/h2,5H,3H2,1H3. The van der Waals surface area contributed by atoms with Crippen LogP contribution in [-0.4, -0.2) is 17.9 Å². The van der Waals surface area contributed by atoms with Gasteiger partial charge in [-0.05, 0) is 0 Å². The van der Waals surface area contributed by atoms with Crippen molar-refractivity contribution in [3.05, 3.63) is 6.42 Å². The first-order valence-electron chi connectivity index (χ1n) is 1.88. The maximum absolute atomic E-state index is 9.97. The Labute approximate surface area is 41.9 Å². The van der Waals surface area contributed by atoms with Gasteiger partial charge in [0, 0.05) is 0 Å². The van der Waals surface area contributed by atoms with Gasteiger partial charge >= 0.3 is 5.97 Å². The van der Waals surface area contributed by atoms with E-state index in [4.69, 9.17) is 5.11 Å². The minimum absolute atomic E-state index is 0.498. The lowest BCUT2D eigenvalue weighted by Gasteiger charge is -1.92. The molecule has 3 heteroatoms. The lowest BCUT2D eigenvalue weighted by atomic mass is 10.5. The first kappa shape index (κ1) is 6.43. The van der Waals surface area contributed by atoms with Crippen molar-refractivity contribution in [2.45, 2.75) is 6.92 Å². The first-order chi connectivity index (χ1) is 3.31. The van der Waals surface area contributed by atoms with Crippen molar-refractivity contribution in [3.63, 3.8) is 0 Å². The summed E-state index contributed by atoms with van der Waals surface area (Å²) in [5, 5.41) is 7.90. The molecule has 1 N–H and O–H groups in total. The number of rotatable bonds is 2. The number of aliphatic hydroxyl groups excluding tert-OH is 1. The van der Waals surface area contributed by atoms with E-state index < -0.39 is 12.8 Å². The SMILES string of the molecule is C[CH]C(=O)OCO. The quantitative estimate of drug-likeness (QED) is 0.385. The molecule has 0 aromatic carbocycles. The summed E-state index contributed by atoms with van der Waals surface area (Å²) >= 11 is 0. The average Bonchev–Trinajstić information content (AvgIpc) is 1.68. The van der Waals surface area contributed by atoms with Gasteiger partial charge in [0.1, 0.15) is 0 Å². The van der Waals surface area contributed by atoms with E-state index >= 15 is 0 Å². The molecule has 0 saturated carbocycles. The van der Waals surface area contributed by atoms with E-state index in [1.165, 1.54) is 13.3 Å². The Morgan fingerprint density at radius 1 is 2.00 bits per heavy atom. The minimum Gasteiger partial charge on any atom is -0.438 e. The second kappa shape index (κ2) is 3.61. The highest BCUT2D eigenvalue weighted by atomic mass is 16.6. The summed E-state index contributed by atoms with van der Waals surface area (Å²) in [5.74, 6) is -0.498. The van der Waals surface area contributed by atoms with Crippen LogP contribution in [0, 0.1) is 6.42 Å². The lowest BCUT2D eigenvalue weighted by Crippen LogP contribution is -2.02. The molecule has 0 saturated heterocycles. The van der Waals surface area contributed by atoms with Gasteiger partial charge in [-0.2, -0.15) is 0 Å². The second-order valence-corrected chi connectivity index (χ2v) is 0.881. The van der Waals surface area contributed by atoms with Crippen molar-refractivity contribution in [2.75, 3.05) is 6.79 Å². The molecule has 0 spiro atoms. The van der Waals surface area contributed by atoms with Gasteiger partial charge < -0.3 is 9.84 Å². The number of aliphatic hydroxyl groups is 1. The smallest absolute Gasteiger partial charge is 0.311 e. The number of carbonyl (C=O) groups excluding carboxylic acids is 1. The predicted octanol–water partition coefficient (Wildman–Crippen LogP) is -0.296. The molecule has 0 bridgehead atoms. The topological polar surface area (TPSA) is 46.5 Å². The Kier molecular flexibility index (Phi) is 3.32. The maximum Gasteiger partial charge on any atom is 0.311 e. The van der Waals surface area contributed by atoms with Crippen molar-refractivity contribution >= 4 is 5.97 Å². The van der Waals surface area contributed by atoms with Crippen molar-refractivity contribution in [1.29, 1.82) is 0 Å².